The van der Waals surface area contributed by atoms with Crippen LogP contribution in [0.3, 0.4) is 0 Å². The van der Waals surface area contributed by atoms with Crippen LogP contribution in [0.4, 0.5) is 5.69 Å². The van der Waals surface area contributed by atoms with Gasteiger partial charge in [-0.15, -0.1) is 11.8 Å². The first kappa shape index (κ1) is 19.2. The molecule has 0 saturated heterocycles. The standard InChI is InChI=1S/C22H23NO3S/c1-6-27-20-19(16-9-7-13(2)11-15(16)4)21(24)23(22(20)25)17-12-14(3)8-10-18(17)26-5/h7-12H,6H2,1-5H3. The number of carbonyl (C=O) groups excluding carboxylic acids is 2. The fraction of sp³-hybridized carbons (Fsp3) is 0.273. The van der Waals surface area contributed by atoms with Crippen LogP contribution in [0.1, 0.15) is 29.2 Å². The molecule has 0 bridgehead atoms. The Balaban J connectivity index is 2.18. The highest BCUT2D eigenvalue weighted by atomic mass is 32.2. The Labute approximate surface area is 164 Å². The number of carbonyl (C=O) groups is 2. The summed E-state index contributed by atoms with van der Waals surface area (Å²) in [5.74, 6) is 0.629. The first-order chi connectivity index (χ1) is 12.9. The van der Waals surface area contributed by atoms with E-state index >= 15 is 0 Å². The van der Waals surface area contributed by atoms with Gasteiger partial charge in [0.1, 0.15) is 5.75 Å². The van der Waals surface area contributed by atoms with E-state index in [1.54, 1.807) is 13.2 Å². The van der Waals surface area contributed by atoms with E-state index in [0.717, 1.165) is 22.3 Å². The largest absolute Gasteiger partial charge is 0.495 e. The lowest BCUT2D eigenvalue weighted by molar-refractivity contribution is -0.119. The van der Waals surface area contributed by atoms with E-state index < -0.39 is 0 Å². The molecule has 0 spiro atoms. The third-order valence-electron chi connectivity index (χ3n) is 4.56. The fourth-order valence-corrected chi connectivity index (χ4v) is 4.16. The summed E-state index contributed by atoms with van der Waals surface area (Å²) in [5.41, 5.74) is 4.84. The van der Waals surface area contributed by atoms with Gasteiger partial charge in [0.2, 0.25) is 0 Å². The van der Waals surface area contributed by atoms with Gasteiger partial charge in [0.25, 0.3) is 11.8 Å². The minimum atomic E-state index is -0.299. The summed E-state index contributed by atoms with van der Waals surface area (Å²) in [6.45, 7) is 7.88. The average molecular weight is 381 g/mol. The van der Waals surface area contributed by atoms with Gasteiger partial charge in [-0.05, 0) is 55.3 Å². The summed E-state index contributed by atoms with van der Waals surface area (Å²) in [4.78, 5) is 28.4. The number of rotatable bonds is 5. The number of amides is 2. The highest BCUT2D eigenvalue weighted by Crippen LogP contribution is 2.42. The van der Waals surface area contributed by atoms with Crippen molar-refractivity contribution < 1.29 is 14.3 Å². The molecule has 0 saturated carbocycles. The molecule has 1 aliphatic rings. The van der Waals surface area contributed by atoms with E-state index in [9.17, 15) is 9.59 Å². The first-order valence-electron chi connectivity index (χ1n) is 8.87. The Morgan fingerprint density at radius 3 is 2.26 bits per heavy atom. The van der Waals surface area contributed by atoms with E-state index in [1.165, 1.54) is 16.7 Å². The smallest absolute Gasteiger partial charge is 0.272 e. The summed E-state index contributed by atoms with van der Waals surface area (Å²) in [7, 11) is 1.54. The van der Waals surface area contributed by atoms with E-state index in [4.69, 9.17) is 4.74 Å². The third-order valence-corrected chi connectivity index (χ3v) is 5.51. The lowest BCUT2D eigenvalue weighted by Gasteiger charge is -2.19. The van der Waals surface area contributed by atoms with Crippen molar-refractivity contribution in [2.75, 3.05) is 17.8 Å². The number of ether oxygens (including phenoxy) is 1. The van der Waals surface area contributed by atoms with Gasteiger partial charge in [-0.1, -0.05) is 36.8 Å². The Morgan fingerprint density at radius 2 is 1.63 bits per heavy atom. The van der Waals surface area contributed by atoms with Gasteiger partial charge in [-0.25, -0.2) is 4.90 Å². The molecule has 1 aliphatic heterocycles. The van der Waals surface area contributed by atoms with Gasteiger partial charge in [0.05, 0.1) is 23.3 Å². The van der Waals surface area contributed by atoms with Crippen LogP contribution < -0.4 is 9.64 Å². The monoisotopic (exact) mass is 381 g/mol. The lowest BCUT2D eigenvalue weighted by atomic mass is 9.98. The number of hydrogen-bond donors (Lipinski definition) is 0. The van der Waals surface area contributed by atoms with Crippen LogP contribution in [0, 0.1) is 20.8 Å². The van der Waals surface area contributed by atoms with Gasteiger partial charge in [0.15, 0.2) is 0 Å². The number of benzene rings is 2. The van der Waals surface area contributed by atoms with Gasteiger partial charge in [-0.3, -0.25) is 9.59 Å². The average Bonchev–Trinajstić information content (AvgIpc) is 2.86. The molecule has 2 aromatic carbocycles. The molecular formula is C22H23NO3S. The molecule has 0 N–H and O–H groups in total. The molecule has 4 nitrogen and oxygen atoms in total. The zero-order chi connectivity index (χ0) is 19.7. The molecule has 0 atom stereocenters. The number of nitrogens with zero attached hydrogens (tertiary/aromatic N) is 1. The van der Waals surface area contributed by atoms with E-state index in [-0.39, 0.29) is 11.8 Å². The van der Waals surface area contributed by atoms with Gasteiger partial charge in [-0.2, -0.15) is 0 Å². The first-order valence-corrected chi connectivity index (χ1v) is 9.85. The topological polar surface area (TPSA) is 46.6 Å². The molecule has 5 heteroatoms. The van der Waals surface area contributed by atoms with Crippen LogP contribution in [0.2, 0.25) is 0 Å². The SMILES string of the molecule is CCSC1=C(c2ccc(C)cc2C)C(=O)N(c2cc(C)ccc2OC)C1=O. The molecule has 2 aromatic rings. The van der Waals surface area contributed by atoms with Crippen molar-refractivity contribution >= 4 is 34.8 Å². The number of methoxy groups -OCH3 is 1. The summed E-state index contributed by atoms with van der Waals surface area (Å²) in [6, 6.07) is 11.4. The lowest BCUT2D eigenvalue weighted by Crippen LogP contribution is -2.31. The van der Waals surface area contributed by atoms with Crippen molar-refractivity contribution in [1.29, 1.82) is 0 Å². The fourth-order valence-electron chi connectivity index (χ4n) is 3.31. The molecule has 0 aromatic heterocycles. The minimum absolute atomic E-state index is 0.286. The van der Waals surface area contributed by atoms with Crippen molar-refractivity contribution in [3.05, 3.63) is 63.6 Å². The molecule has 140 valence electrons. The summed E-state index contributed by atoms with van der Waals surface area (Å²) >= 11 is 1.41. The van der Waals surface area contributed by atoms with E-state index in [1.807, 2.05) is 58.0 Å². The van der Waals surface area contributed by atoms with Crippen LogP contribution in [-0.4, -0.2) is 24.7 Å². The molecule has 0 unspecified atom stereocenters. The highest BCUT2D eigenvalue weighted by Gasteiger charge is 2.41. The van der Waals surface area contributed by atoms with Crippen LogP contribution in [-0.2, 0) is 9.59 Å². The number of imide groups is 1. The van der Waals surface area contributed by atoms with Crippen molar-refractivity contribution in [1.82, 2.24) is 0 Å². The van der Waals surface area contributed by atoms with E-state index in [0.29, 0.717) is 27.7 Å². The summed E-state index contributed by atoms with van der Waals surface area (Å²) < 4.78 is 5.41. The number of anilines is 1. The Kier molecular flexibility index (Phi) is 5.42. The number of thioether (sulfide) groups is 1. The second kappa shape index (κ2) is 7.61. The Hall–Kier alpha value is -2.53. The van der Waals surface area contributed by atoms with Crippen molar-refractivity contribution in [2.24, 2.45) is 0 Å². The maximum absolute atomic E-state index is 13.4. The number of aryl methyl sites for hydroxylation is 3. The van der Waals surface area contributed by atoms with Gasteiger partial charge in [0, 0.05) is 0 Å². The molecule has 0 radical (unpaired) electrons. The zero-order valence-corrected chi connectivity index (χ0v) is 17.1. The van der Waals surface area contributed by atoms with Gasteiger partial charge >= 0.3 is 0 Å². The van der Waals surface area contributed by atoms with Gasteiger partial charge < -0.3 is 4.74 Å². The predicted octanol–water partition coefficient (Wildman–Crippen LogP) is 4.66. The Morgan fingerprint density at radius 1 is 0.963 bits per heavy atom. The normalized spacial score (nSPS) is 14.3. The van der Waals surface area contributed by atoms with Crippen molar-refractivity contribution in [2.45, 2.75) is 27.7 Å². The maximum atomic E-state index is 13.4. The van der Waals surface area contributed by atoms with Crippen molar-refractivity contribution in [3.63, 3.8) is 0 Å². The van der Waals surface area contributed by atoms with Crippen LogP contribution in [0.15, 0.2) is 41.3 Å². The third kappa shape index (κ3) is 3.39. The number of hydrogen-bond acceptors (Lipinski definition) is 4. The van der Waals surface area contributed by atoms with E-state index in [2.05, 4.69) is 0 Å². The second-order valence-electron chi connectivity index (χ2n) is 6.58. The van der Waals surface area contributed by atoms with Crippen molar-refractivity contribution in [3.8, 4) is 5.75 Å². The molecule has 27 heavy (non-hydrogen) atoms. The summed E-state index contributed by atoms with van der Waals surface area (Å²) in [6.07, 6.45) is 0. The molecule has 2 amide bonds. The molecule has 3 rings (SSSR count). The highest BCUT2D eigenvalue weighted by molar-refractivity contribution is 8.04. The summed E-state index contributed by atoms with van der Waals surface area (Å²) in [5, 5.41) is 0. The maximum Gasteiger partial charge on any atom is 0.272 e. The van der Waals surface area contributed by atoms with Crippen LogP contribution in [0.25, 0.3) is 5.57 Å². The molecule has 0 fully saturated rings. The quantitative estimate of drug-likeness (QED) is 0.707. The molecular weight excluding hydrogens is 358 g/mol. The second-order valence-corrected chi connectivity index (χ2v) is 7.85. The Bertz CT molecular complexity index is 962. The molecule has 0 aliphatic carbocycles. The minimum Gasteiger partial charge on any atom is -0.495 e. The van der Waals surface area contributed by atoms with Crippen LogP contribution in [0.5, 0.6) is 5.75 Å². The molecule has 1 heterocycles. The van der Waals surface area contributed by atoms with Crippen LogP contribution >= 0.6 is 11.8 Å². The predicted molar refractivity (Wildman–Crippen MR) is 111 cm³/mol. The zero-order valence-electron chi connectivity index (χ0n) is 16.3.